The molecule has 1 aromatic carbocycles. The van der Waals surface area contributed by atoms with Gasteiger partial charge in [-0.25, -0.2) is 4.79 Å². The summed E-state index contributed by atoms with van der Waals surface area (Å²) >= 11 is 0. The van der Waals surface area contributed by atoms with E-state index < -0.39 is 5.97 Å². The molecular weight excluding hydrogens is 234 g/mol. The molecule has 1 amide bonds. The number of carboxylic acid groups (broad SMARTS) is 1. The van der Waals surface area contributed by atoms with Gasteiger partial charge in [-0.1, -0.05) is 6.07 Å². The third-order valence-electron chi connectivity index (χ3n) is 2.31. The van der Waals surface area contributed by atoms with Crippen molar-refractivity contribution in [2.75, 3.05) is 12.4 Å². The normalized spacial score (nSPS) is 10.9. The molecule has 0 fully saturated rings. The third kappa shape index (κ3) is 3.62. The van der Waals surface area contributed by atoms with Crippen LogP contribution >= 0.6 is 0 Å². The first-order chi connectivity index (χ1) is 8.43. The number of anilines is 1. The number of amides is 1. The van der Waals surface area contributed by atoms with E-state index in [0.29, 0.717) is 17.0 Å². The molecule has 1 rings (SSSR count). The summed E-state index contributed by atoms with van der Waals surface area (Å²) in [6.07, 6.45) is 1.12. The fourth-order valence-corrected chi connectivity index (χ4v) is 1.50. The second-order valence-corrected chi connectivity index (χ2v) is 3.76. The zero-order valence-electron chi connectivity index (χ0n) is 10.5. The molecular formula is C13H15NO4. The molecule has 0 radical (unpaired) electrons. The van der Waals surface area contributed by atoms with Crippen LogP contribution in [0, 0.1) is 0 Å². The van der Waals surface area contributed by atoms with Crippen molar-refractivity contribution in [1.82, 2.24) is 0 Å². The van der Waals surface area contributed by atoms with E-state index in [4.69, 9.17) is 9.84 Å². The number of nitrogens with one attached hydrogen (secondary N) is 1. The van der Waals surface area contributed by atoms with Crippen LogP contribution in [-0.2, 0) is 9.59 Å². The molecule has 0 heterocycles. The average molecular weight is 249 g/mol. The van der Waals surface area contributed by atoms with Gasteiger partial charge in [0.2, 0.25) is 5.91 Å². The highest BCUT2D eigenvalue weighted by molar-refractivity contribution is 5.92. The molecule has 2 N–H and O–H groups in total. The van der Waals surface area contributed by atoms with Gasteiger partial charge in [0.05, 0.1) is 12.8 Å². The second-order valence-electron chi connectivity index (χ2n) is 3.76. The smallest absolute Gasteiger partial charge is 0.328 e. The Hall–Kier alpha value is -2.30. The number of benzene rings is 1. The van der Waals surface area contributed by atoms with Crippen molar-refractivity contribution in [3.8, 4) is 5.75 Å². The number of hydrogen-bond acceptors (Lipinski definition) is 3. The first-order valence-corrected chi connectivity index (χ1v) is 5.31. The number of methoxy groups -OCH3 is 1. The van der Waals surface area contributed by atoms with Crippen molar-refractivity contribution >= 4 is 23.1 Å². The van der Waals surface area contributed by atoms with Crippen molar-refractivity contribution < 1.29 is 19.4 Å². The number of aliphatic carboxylic acids is 1. The Morgan fingerprint density at radius 3 is 2.50 bits per heavy atom. The van der Waals surface area contributed by atoms with Crippen molar-refractivity contribution in [2.24, 2.45) is 0 Å². The van der Waals surface area contributed by atoms with E-state index in [1.807, 2.05) is 0 Å². The van der Waals surface area contributed by atoms with Crippen LogP contribution in [0.3, 0.4) is 0 Å². The van der Waals surface area contributed by atoms with Crippen LogP contribution in [0.4, 0.5) is 5.69 Å². The van der Waals surface area contributed by atoms with E-state index in [9.17, 15) is 9.59 Å². The minimum atomic E-state index is -1.00. The first kappa shape index (κ1) is 13.8. The lowest BCUT2D eigenvalue weighted by Gasteiger charge is -2.11. The summed E-state index contributed by atoms with van der Waals surface area (Å²) in [6, 6.07) is 5.08. The van der Waals surface area contributed by atoms with Gasteiger partial charge < -0.3 is 15.2 Å². The quantitative estimate of drug-likeness (QED) is 0.801. The predicted molar refractivity (Wildman–Crippen MR) is 68.6 cm³/mol. The minimum absolute atomic E-state index is 0.196. The lowest BCUT2D eigenvalue weighted by Crippen LogP contribution is -2.07. The number of rotatable bonds is 4. The molecule has 0 bridgehead atoms. The highest BCUT2D eigenvalue weighted by Gasteiger charge is 2.07. The molecule has 5 nitrogen and oxygen atoms in total. The maximum Gasteiger partial charge on any atom is 0.328 e. The Kier molecular flexibility index (Phi) is 4.48. The Morgan fingerprint density at radius 1 is 1.33 bits per heavy atom. The highest BCUT2D eigenvalue weighted by atomic mass is 16.5. The summed E-state index contributed by atoms with van der Waals surface area (Å²) in [4.78, 5) is 21.6. The number of carbonyl (C=O) groups is 2. The molecule has 18 heavy (non-hydrogen) atoms. The lowest BCUT2D eigenvalue weighted by atomic mass is 10.1. The summed E-state index contributed by atoms with van der Waals surface area (Å²) in [5, 5.41) is 11.3. The average Bonchev–Trinajstić information content (AvgIpc) is 2.27. The molecule has 0 saturated carbocycles. The van der Waals surface area contributed by atoms with E-state index in [0.717, 1.165) is 11.6 Å². The molecule has 5 heteroatoms. The fourth-order valence-electron chi connectivity index (χ4n) is 1.50. The molecule has 0 aliphatic heterocycles. The molecule has 0 spiro atoms. The SMILES string of the molecule is COc1cc(C(C)=CC(=O)O)ccc1NC(C)=O. The molecule has 96 valence electrons. The van der Waals surface area contributed by atoms with Crippen molar-refractivity contribution in [2.45, 2.75) is 13.8 Å². The van der Waals surface area contributed by atoms with Gasteiger partial charge in [-0.2, -0.15) is 0 Å². The zero-order chi connectivity index (χ0) is 13.7. The van der Waals surface area contributed by atoms with E-state index in [2.05, 4.69) is 5.32 Å². The summed E-state index contributed by atoms with van der Waals surface area (Å²) < 4.78 is 5.15. The van der Waals surface area contributed by atoms with Crippen LogP contribution in [0.15, 0.2) is 24.3 Å². The van der Waals surface area contributed by atoms with Crippen LogP contribution in [0.1, 0.15) is 19.4 Å². The van der Waals surface area contributed by atoms with E-state index >= 15 is 0 Å². The molecule has 0 aromatic heterocycles. The maximum absolute atomic E-state index is 11.0. The Balaban J connectivity index is 3.12. The van der Waals surface area contributed by atoms with Crippen LogP contribution in [-0.4, -0.2) is 24.1 Å². The Labute approximate surface area is 105 Å². The van der Waals surface area contributed by atoms with Gasteiger partial charge in [0, 0.05) is 13.0 Å². The van der Waals surface area contributed by atoms with Crippen LogP contribution in [0.5, 0.6) is 5.75 Å². The van der Waals surface area contributed by atoms with E-state index in [1.54, 1.807) is 25.1 Å². The molecule has 1 aromatic rings. The lowest BCUT2D eigenvalue weighted by molar-refractivity contribution is -0.131. The second kappa shape index (κ2) is 5.86. The summed E-state index contributed by atoms with van der Waals surface area (Å²) in [6.45, 7) is 3.10. The molecule has 0 atom stereocenters. The monoisotopic (exact) mass is 249 g/mol. The predicted octanol–water partition coefficient (Wildman–Crippen LogP) is 2.14. The minimum Gasteiger partial charge on any atom is -0.495 e. The molecule has 0 unspecified atom stereocenters. The maximum atomic E-state index is 11.0. The van der Waals surface area contributed by atoms with Gasteiger partial charge in [-0.3, -0.25) is 4.79 Å². The summed E-state index contributed by atoms with van der Waals surface area (Å²) in [7, 11) is 1.49. The van der Waals surface area contributed by atoms with Crippen molar-refractivity contribution in [1.29, 1.82) is 0 Å². The Morgan fingerprint density at radius 2 is 2.00 bits per heavy atom. The number of carbonyl (C=O) groups excluding carboxylic acids is 1. The standard InChI is InChI=1S/C13H15NO4/c1-8(6-13(16)17)10-4-5-11(14-9(2)15)12(7-10)18-3/h4-7H,1-3H3,(H,14,15)(H,16,17). The number of allylic oxidation sites excluding steroid dienone is 1. The fraction of sp³-hybridized carbons (Fsp3) is 0.231. The van der Waals surface area contributed by atoms with E-state index in [-0.39, 0.29) is 5.91 Å². The van der Waals surface area contributed by atoms with Gasteiger partial charge in [-0.05, 0) is 30.2 Å². The highest BCUT2D eigenvalue weighted by Crippen LogP contribution is 2.28. The van der Waals surface area contributed by atoms with Gasteiger partial charge in [0.25, 0.3) is 0 Å². The van der Waals surface area contributed by atoms with Gasteiger partial charge in [0.15, 0.2) is 0 Å². The van der Waals surface area contributed by atoms with Gasteiger partial charge in [-0.15, -0.1) is 0 Å². The first-order valence-electron chi connectivity index (χ1n) is 5.31. The van der Waals surface area contributed by atoms with E-state index in [1.165, 1.54) is 14.0 Å². The van der Waals surface area contributed by atoms with Crippen LogP contribution in [0.25, 0.3) is 5.57 Å². The largest absolute Gasteiger partial charge is 0.495 e. The third-order valence-corrected chi connectivity index (χ3v) is 2.31. The zero-order valence-corrected chi connectivity index (χ0v) is 10.5. The summed E-state index contributed by atoms with van der Waals surface area (Å²) in [5.41, 5.74) is 1.88. The van der Waals surface area contributed by atoms with Gasteiger partial charge in [0.1, 0.15) is 5.75 Å². The van der Waals surface area contributed by atoms with Crippen LogP contribution in [0.2, 0.25) is 0 Å². The number of hydrogen-bond donors (Lipinski definition) is 2. The summed E-state index contributed by atoms with van der Waals surface area (Å²) in [5.74, 6) is -0.711. The van der Waals surface area contributed by atoms with Crippen LogP contribution < -0.4 is 10.1 Å². The Bertz CT molecular complexity index is 506. The van der Waals surface area contributed by atoms with Gasteiger partial charge >= 0.3 is 5.97 Å². The molecule has 0 saturated heterocycles. The number of ether oxygens (including phenoxy) is 1. The molecule has 0 aliphatic carbocycles. The van der Waals surface area contributed by atoms with Crippen molar-refractivity contribution in [3.63, 3.8) is 0 Å². The number of carboxylic acids is 1. The topological polar surface area (TPSA) is 75.6 Å². The van der Waals surface area contributed by atoms with Crippen molar-refractivity contribution in [3.05, 3.63) is 29.8 Å². The molecule has 0 aliphatic rings.